The second-order valence-electron chi connectivity index (χ2n) is 4.67. The maximum absolute atomic E-state index is 11.2. The molecule has 3 rings (SSSR count). The highest BCUT2D eigenvalue weighted by molar-refractivity contribution is 5.94. The van der Waals surface area contributed by atoms with Crippen LogP contribution in [0.25, 0.3) is 0 Å². The third-order valence-corrected chi connectivity index (χ3v) is 3.66. The zero-order valence-electron chi connectivity index (χ0n) is 9.34. The van der Waals surface area contributed by atoms with Crippen LogP contribution in [-0.4, -0.2) is 23.5 Å². The fourth-order valence-electron chi connectivity index (χ4n) is 2.68. The van der Waals surface area contributed by atoms with Crippen molar-refractivity contribution in [2.75, 3.05) is 6.61 Å². The molecule has 4 nitrogen and oxygen atoms in total. The van der Waals surface area contributed by atoms with Crippen LogP contribution in [0.4, 0.5) is 0 Å². The highest BCUT2D eigenvalue weighted by Gasteiger charge is 2.58. The van der Waals surface area contributed by atoms with Crippen LogP contribution in [0, 0.1) is 11.8 Å². The van der Waals surface area contributed by atoms with E-state index in [0.717, 1.165) is 5.56 Å². The Bertz CT molecular complexity index is 520. The van der Waals surface area contributed by atoms with E-state index < -0.39 is 5.97 Å². The van der Waals surface area contributed by atoms with Gasteiger partial charge >= 0.3 is 5.97 Å². The smallest absolute Gasteiger partial charge is 0.307 e. The molecule has 0 saturated heterocycles. The number of carbonyl (C=O) groups excluding carboxylic acids is 1. The van der Waals surface area contributed by atoms with Crippen molar-refractivity contribution in [2.24, 2.45) is 11.8 Å². The molecule has 1 unspecified atom stereocenters. The highest BCUT2D eigenvalue weighted by atomic mass is 16.5. The number of fused-ring (bicyclic) bond motifs is 3. The summed E-state index contributed by atoms with van der Waals surface area (Å²) in [7, 11) is 0. The number of ketones is 1. The fourth-order valence-corrected chi connectivity index (χ4v) is 2.68. The molecule has 2 aliphatic rings. The Morgan fingerprint density at radius 1 is 1.41 bits per heavy atom. The quantitative estimate of drug-likeness (QED) is 0.788. The lowest BCUT2D eigenvalue weighted by atomic mass is 10.0. The van der Waals surface area contributed by atoms with Crippen LogP contribution >= 0.6 is 0 Å². The lowest BCUT2D eigenvalue weighted by Gasteiger charge is -2.16. The van der Waals surface area contributed by atoms with E-state index in [1.54, 1.807) is 12.1 Å². The number of hydrogen-bond donors (Lipinski definition) is 1. The molecule has 1 aromatic carbocycles. The van der Waals surface area contributed by atoms with Gasteiger partial charge in [-0.2, -0.15) is 0 Å². The standard InChI is InChI=1S/C13H12O4/c1-6(14)7-2-3-8-10(4-7)17-5-9-11(8)12(9)13(15)16/h2-4,9,11-12H,5H2,1H3,(H,15,16)/t9-,11+,12?/m0/s1. The first-order valence-corrected chi connectivity index (χ1v) is 5.60. The lowest BCUT2D eigenvalue weighted by molar-refractivity contribution is -0.139. The van der Waals surface area contributed by atoms with E-state index in [1.165, 1.54) is 6.92 Å². The van der Waals surface area contributed by atoms with Crippen LogP contribution in [0.5, 0.6) is 5.75 Å². The minimum Gasteiger partial charge on any atom is -0.493 e. The minimum absolute atomic E-state index is 0.0101. The average molecular weight is 232 g/mol. The molecule has 0 spiro atoms. The van der Waals surface area contributed by atoms with E-state index in [2.05, 4.69) is 0 Å². The summed E-state index contributed by atoms with van der Waals surface area (Å²) in [4.78, 5) is 22.2. The Morgan fingerprint density at radius 2 is 2.18 bits per heavy atom. The summed E-state index contributed by atoms with van der Waals surface area (Å²) < 4.78 is 5.53. The van der Waals surface area contributed by atoms with Crippen molar-refractivity contribution < 1.29 is 19.4 Å². The predicted molar refractivity (Wildman–Crippen MR) is 59.3 cm³/mol. The molecule has 4 heteroatoms. The molecular weight excluding hydrogens is 220 g/mol. The van der Waals surface area contributed by atoms with Gasteiger partial charge in [0.15, 0.2) is 5.78 Å². The molecule has 0 radical (unpaired) electrons. The summed E-state index contributed by atoms with van der Waals surface area (Å²) in [6.45, 7) is 1.94. The largest absolute Gasteiger partial charge is 0.493 e. The van der Waals surface area contributed by atoms with E-state index in [4.69, 9.17) is 9.84 Å². The van der Waals surface area contributed by atoms with Gasteiger partial charge in [-0.15, -0.1) is 0 Å². The lowest BCUT2D eigenvalue weighted by Crippen LogP contribution is -2.09. The highest BCUT2D eigenvalue weighted by Crippen LogP contribution is 2.59. The molecule has 3 atom stereocenters. The van der Waals surface area contributed by atoms with Gasteiger partial charge in [0, 0.05) is 17.4 Å². The summed E-state index contributed by atoms with van der Waals surface area (Å²) in [6, 6.07) is 5.28. The Labute approximate surface area is 98.2 Å². The van der Waals surface area contributed by atoms with Crippen molar-refractivity contribution in [1.82, 2.24) is 0 Å². The molecule has 0 aromatic heterocycles. The third kappa shape index (κ3) is 1.44. The van der Waals surface area contributed by atoms with Gasteiger partial charge < -0.3 is 9.84 Å². The van der Waals surface area contributed by atoms with E-state index >= 15 is 0 Å². The third-order valence-electron chi connectivity index (χ3n) is 3.66. The van der Waals surface area contributed by atoms with E-state index in [0.29, 0.717) is 17.9 Å². The van der Waals surface area contributed by atoms with Crippen molar-refractivity contribution in [3.63, 3.8) is 0 Å². The van der Waals surface area contributed by atoms with Crippen molar-refractivity contribution >= 4 is 11.8 Å². The van der Waals surface area contributed by atoms with Gasteiger partial charge in [-0.3, -0.25) is 9.59 Å². The van der Waals surface area contributed by atoms with Crippen LogP contribution in [0.2, 0.25) is 0 Å². The van der Waals surface area contributed by atoms with Crippen molar-refractivity contribution in [2.45, 2.75) is 12.8 Å². The summed E-state index contributed by atoms with van der Waals surface area (Å²) in [5, 5.41) is 9.04. The van der Waals surface area contributed by atoms with Crippen LogP contribution in [0.3, 0.4) is 0 Å². The van der Waals surface area contributed by atoms with Crippen LogP contribution in [0.1, 0.15) is 28.8 Å². The molecule has 1 saturated carbocycles. The number of rotatable bonds is 2. The van der Waals surface area contributed by atoms with Crippen LogP contribution in [-0.2, 0) is 4.79 Å². The summed E-state index contributed by atoms with van der Waals surface area (Å²) >= 11 is 0. The maximum atomic E-state index is 11.2. The Kier molecular flexibility index (Phi) is 2.02. The normalized spacial score (nSPS) is 28.6. The first-order valence-electron chi connectivity index (χ1n) is 5.60. The van der Waals surface area contributed by atoms with Gasteiger partial charge in [-0.05, 0) is 18.6 Å². The number of benzene rings is 1. The van der Waals surface area contributed by atoms with Crippen LogP contribution < -0.4 is 4.74 Å². The number of aliphatic carboxylic acids is 1. The van der Waals surface area contributed by atoms with Gasteiger partial charge in [-0.1, -0.05) is 12.1 Å². The molecule has 1 aromatic rings. The molecule has 17 heavy (non-hydrogen) atoms. The molecule has 0 amide bonds. The maximum Gasteiger partial charge on any atom is 0.307 e. The average Bonchev–Trinajstić information content (AvgIpc) is 3.02. The van der Waals surface area contributed by atoms with Gasteiger partial charge in [-0.25, -0.2) is 0 Å². The number of carboxylic acid groups (broad SMARTS) is 1. The first-order chi connectivity index (χ1) is 8.09. The molecule has 1 fully saturated rings. The summed E-state index contributed by atoms with van der Waals surface area (Å²) in [6.07, 6.45) is 0. The van der Waals surface area contributed by atoms with Gasteiger partial charge in [0.25, 0.3) is 0 Å². The summed E-state index contributed by atoms with van der Waals surface area (Å²) in [5.41, 5.74) is 1.54. The van der Waals surface area contributed by atoms with Crippen molar-refractivity contribution in [3.8, 4) is 5.75 Å². The Hall–Kier alpha value is -1.84. The van der Waals surface area contributed by atoms with Crippen LogP contribution in [0.15, 0.2) is 18.2 Å². The second kappa shape index (κ2) is 3.32. The Balaban J connectivity index is 1.98. The molecule has 88 valence electrons. The molecule has 1 aliphatic heterocycles. The molecule has 1 heterocycles. The van der Waals surface area contributed by atoms with Gasteiger partial charge in [0.2, 0.25) is 0 Å². The molecule has 1 aliphatic carbocycles. The fraction of sp³-hybridized carbons (Fsp3) is 0.385. The number of Topliss-reactive ketones (excluding diaryl/α,β-unsaturated/α-hetero) is 1. The number of carbonyl (C=O) groups is 2. The zero-order chi connectivity index (χ0) is 12.2. The first kappa shape index (κ1) is 10.3. The van der Waals surface area contributed by atoms with Crippen molar-refractivity contribution in [3.05, 3.63) is 29.3 Å². The predicted octanol–water partition coefficient (Wildman–Crippen LogP) is 1.70. The molecular formula is C13H12O4. The number of hydrogen-bond acceptors (Lipinski definition) is 3. The molecule has 0 bridgehead atoms. The van der Waals surface area contributed by atoms with Gasteiger partial charge in [0.1, 0.15) is 5.75 Å². The van der Waals surface area contributed by atoms with E-state index in [1.807, 2.05) is 6.07 Å². The SMILES string of the molecule is CC(=O)c1ccc2c(c1)OC[C@@H]1C(C(=O)O)[C@H]21. The number of carboxylic acids is 1. The topological polar surface area (TPSA) is 63.6 Å². The Morgan fingerprint density at radius 3 is 2.82 bits per heavy atom. The number of ether oxygens (including phenoxy) is 1. The minimum atomic E-state index is -0.757. The second-order valence-corrected chi connectivity index (χ2v) is 4.67. The van der Waals surface area contributed by atoms with Crippen molar-refractivity contribution in [1.29, 1.82) is 0 Å². The van der Waals surface area contributed by atoms with E-state index in [-0.39, 0.29) is 23.5 Å². The van der Waals surface area contributed by atoms with Gasteiger partial charge in [0.05, 0.1) is 12.5 Å². The van der Waals surface area contributed by atoms with E-state index in [9.17, 15) is 9.59 Å². The zero-order valence-corrected chi connectivity index (χ0v) is 9.34. The molecule has 1 N–H and O–H groups in total. The monoisotopic (exact) mass is 232 g/mol. The summed E-state index contributed by atoms with van der Waals surface area (Å²) in [5.74, 6) is -0.251.